The van der Waals surface area contributed by atoms with Crippen molar-refractivity contribution >= 4 is 11.3 Å². The maximum Gasteiger partial charge on any atom is 0.107 e. The zero-order valence-electron chi connectivity index (χ0n) is 12.1. The summed E-state index contributed by atoms with van der Waals surface area (Å²) in [5, 5.41) is 6.96. The first-order valence-corrected chi connectivity index (χ1v) is 8.40. The van der Waals surface area contributed by atoms with Gasteiger partial charge in [0, 0.05) is 24.0 Å². The van der Waals surface area contributed by atoms with Crippen LogP contribution in [-0.2, 0) is 6.54 Å². The molecule has 20 heavy (non-hydrogen) atoms. The lowest BCUT2D eigenvalue weighted by Gasteiger charge is -2.41. The first-order chi connectivity index (χ1) is 9.81. The van der Waals surface area contributed by atoms with Crippen LogP contribution in [0.4, 0.5) is 0 Å². The smallest absolute Gasteiger partial charge is 0.107 e. The highest BCUT2D eigenvalue weighted by molar-refractivity contribution is 7.09. The molecule has 0 unspecified atom stereocenters. The summed E-state index contributed by atoms with van der Waals surface area (Å²) in [5.74, 6) is 0. The van der Waals surface area contributed by atoms with Crippen LogP contribution in [-0.4, -0.2) is 11.5 Å². The van der Waals surface area contributed by atoms with Gasteiger partial charge < -0.3 is 5.32 Å². The van der Waals surface area contributed by atoms with E-state index in [0.29, 0.717) is 5.41 Å². The Labute approximate surface area is 125 Å². The zero-order chi connectivity index (χ0) is 13.8. The van der Waals surface area contributed by atoms with E-state index in [9.17, 15) is 0 Å². The Morgan fingerprint density at radius 3 is 2.70 bits per heavy atom. The second kappa shape index (κ2) is 6.06. The molecule has 1 aromatic carbocycles. The largest absolute Gasteiger partial charge is 0.310 e. The van der Waals surface area contributed by atoms with E-state index in [-0.39, 0.29) is 0 Å². The predicted molar refractivity (Wildman–Crippen MR) is 85.8 cm³/mol. The molecule has 0 atom stereocenters. The van der Waals surface area contributed by atoms with Gasteiger partial charge in [0.15, 0.2) is 0 Å². The summed E-state index contributed by atoms with van der Waals surface area (Å²) in [6, 6.07) is 10.4. The van der Waals surface area contributed by atoms with Gasteiger partial charge in [-0.15, -0.1) is 11.3 Å². The normalized spacial score (nSPS) is 16.9. The van der Waals surface area contributed by atoms with Crippen LogP contribution in [0.5, 0.6) is 0 Å². The summed E-state index contributed by atoms with van der Waals surface area (Å²) in [5.41, 5.74) is 2.89. The van der Waals surface area contributed by atoms with E-state index in [1.807, 2.05) is 6.07 Å². The van der Waals surface area contributed by atoms with Crippen molar-refractivity contribution in [3.05, 3.63) is 40.7 Å². The summed E-state index contributed by atoms with van der Waals surface area (Å²) in [6.45, 7) is 4.36. The van der Waals surface area contributed by atoms with Crippen LogP contribution >= 0.6 is 11.3 Å². The van der Waals surface area contributed by atoms with Gasteiger partial charge in [0.1, 0.15) is 5.01 Å². The quantitative estimate of drug-likeness (QED) is 0.847. The fraction of sp³-hybridized carbons (Fsp3) is 0.471. The molecular formula is C17H22N2S. The monoisotopic (exact) mass is 286 g/mol. The van der Waals surface area contributed by atoms with Crippen LogP contribution in [0, 0.1) is 5.41 Å². The molecule has 3 heteroatoms. The predicted octanol–water partition coefficient (Wildman–Crippen LogP) is 4.48. The second-order valence-corrected chi connectivity index (χ2v) is 6.75. The summed E-state index contributed by atoms with van der Waals surface area (Å²) in [6.07, 6.45) is 5.49. The molecule has 1 aliphatic carbocycles. The van der Waals surface area contributed by atoms with Crippen LogP contribution in [0.3, 0.4) is 0 Å². The Morgan fingerprint density at radius 1 is 1.25 bits per heavy atom. The Bertz CT molecular complexity index is 538. The first-order valence-electron chi connectivity index (χ1n) is 7.52. The van der Waals surface area contributed by atoms with Gasteiger partial charge in [0.25, 0.3) is 0 Å². The highest BCUT2D eigenvalue weighted by atomic mass is 32.1. The van der Waals surface area contributed by atoms with Crippen LogP contribution < -0.4 is 5.32 Å². The van der Waals surface area contributed by atoms with Gasteiger partial charge in [0.2, 0.25) is 0 Å². The third-order valence-corrected chi connectivity index (χ3v) is 5.41. The molecule has 0 aliphatic heterocycles. The Morgan fingerprint density at radius 2 is 2.05 bits per heavy atom. The highest BCUT2D eigenvalue weighted by Gasteiger charge is 2.34. The fourth-order valence-corrected chi connectivity index (χ4v) is 3.67. The maximum absolute atomic E-state index is 4.73. The molecule has 0 amide bonds. The molecule has 106 valence electrons. The minimum absolute atomic E-state index is 0.583. The van der Waals surface area contributed by atoms with Crippen molar-refractivity contribution in [3.8, 4) is 11.3 Å². The number of rotatable bonds is 6. The topological polar surface area (TPSA) is 24.9 Å². The third-order valence-electron chi connectivity index (χ3n) is 4.56. The van der Waals surface area contributed by atoms with Crippen molar-refractivity contribution in [1.29, 1.82) is 0 Å². The average molecular weight is 286 g/mol. The lowest BCUT2D eigenvalue weighted by atomic mass is 9.67. The number of aromatic nitrogens is 1. The summed E-state index contributed by atoms with van der Waals surface area (Å²) in [4.78, 5) is 4.73. The van der Waals surface area contributed by atoms with Gasteiger partial charge in [0.05, 0.1) is 5.69 Å². The number of nitrogens with one attached hydrogen (secondary N) is 1. The van der Waals surface area contributed by atoms with Crippen LogP contribution in [0.25, 0.3) is 11.3 Å². The molecule has 2 aromatic rings. The molecule has 1 heterocycles. The third kappa shape index (κ3) is 2.94. The average Bonchev–Trinajstić information content (AvgIpc) is 2.92. The zero-order valence-corrected chi connectivity index (χ0v) is 12.9. The molecule has 1 N–H and O–H groups in total. The number of hydrogen-bond donors (Lipinski definition) is 1. The van der Waals surface area contributed by atoms with Crippen LogP contribution in [0.15, 0.2) is 35.7 Å². The van der Waals surface area contributed by atoms with Crippen LogP contribution in [0.1, 0.15) is 37.6 Å². The number of hydrogen-bond acceptors (Lipinski definition) is 3. The Hall–Kier alpha value is -1.19. The molecule has 0 bridgehead atoms. The van der Waals surface area contributed by atoms with E-state index in [1.54, 1.807) is 11.3 Å². The first kappa shape index (κ1) is 13.8. The lowest BCUT2D eigenvalue weighted by molar-refractivity contribution is 0.124. The minimum atomic E-state index is 0.583. The van der Waals surface area contributed by atoms with Crippen molar-refractivity contribution < 1.29 is 0 Å². The molecule has 0 saturated heterocycles. The molecule has 2 nitrogen and oxygen atoms in total. The molecule has 1 fully saturated rings. The van der Waals surface area contributed by atoms with E-state index in [0.717, 1.165) is 18.8 Å². The van der Waals surface area contributed by atoms with Crippen molar-refractivity contribution in [2.75, 3.05) is 6.54 Å². The van der Waals surface area contributed by atoms with E-state index in [2.05, 4.69) is 41.9 Å². The molecular weight excluding hydrogens is 264 g/mol. The standard InChI is InChI=1S/C17H22N2S/c1-2-17(9-6-10-17)13-18-11-16-19-15(12-20-16)14-7-4-3-5-8-14/h3-5,7-8,12,18H,2,6,9-11,13H2,1H3. The summed E-state index contributed by atoms with van der Waals surface area (Å²) < 4.78 is 0. The summed E-state index contributed by atoms with van der Waals surface area (Å²) >= 11 is 1.75. The van der Waals surface area contributed by atoms with Crippen molar-refractivity contribution in [3.63, 3.8) is 0 Å². The van der Waals surface area contributed by atoms with Gasteiger partial charge in [-0.25, -0.2) is 4.98 Å². The molecule has 0 radical (unpaired) electrons. The molecule has 1 aromatic heterocycles. The SMILES string of the molecule is CCC1(CNCc2nc(-c3ccccc3)cs2)CCC1. The molecule has 3 rings (SSSR count). The highest BCUT2D eigenvalue weighted by Crippen LogP contribution is 2.43. The number of benzene rings is 1. The van der Waals surface area contributed by atoms with Gasteiger partial charge in [-0.1, -0.05) is 43.7 Å². The van der Waals surface area contributed by atoms with Gasteiger partial charge in [-0.2, -0.15) is 0 Å². The number of thiazole rings is 1. The fourth-order valence-electron chi connectivity index (χ4n) is 2.90. The number of nitrogens with zero attached hydrogens (tertiary/aromatic N) is 1. The van der Waals surface area contributed by atoms with Crippen molar-refractivity contribution in [2.45, 2.75) is 39.2 Å². The van der Waals surface area contributed by atoms with Crippen molar-refractivity contribution in [2.24, 2.45) is 5.41 Å². The van der Waals surface area contributed by atoms with E-state index in [1.165, 1.54) is 36.3 Å². The van der Waals surface area contributed by atoms with Crippen molar-refractivity contribution in [1.82, 2.24) is 10.3 Å². The van der Waals surface area contributed by atoms with E-state index >= 15 is 0 Å². The minimum Gasteiger partial charge on any atom is -0.310 e. The maximum atomic E-state index is 4.73. The molecule has 1 saturated carbocycles. The van der Waals surface area contributed by atoms with Gasteiger partial charge >= 0.3 is 0 Å². The van der Waals surface area contributed by atoms with E-state index < -0.39 is 0 Å². The van der Waals surface area contributed by atoms with Crippen LogP contribution in [0.2, 0.25) is 0 Å². The lowest BCUT2D eigenvalue weighted by Crippen LogP contribution is -2.39. The Balaban J connectivity index is 1.55. The summed E-state index contributed by atoms with van der Waals surface area (Å²) in [7, 11) is 0. The Kier molecular flexibility index (Phi) is 4.18. The molecule has 0 spiro atoms. The van der Waals surface area contributed by atoms with Gasteiger partial charge in [-0.05, 0) is 24.7 Å². The van der Waals surface area contributed by atoms with E-state index in [4.69, 9.17) is 4.98 Å². The molecule has 1 aliphatic rings. The second-order valence-electron chi connectivity index (χ2n) is 5.80. The van der Waals surface area contributed by atoms with Gasteiger partial charge in [-0.3, -0.25) is 0 Å².